The van der Waals surface area contributed by atoms with Crippen LogP contribution in [0.15, 0.2) is 0 Å². The molecular formula is C16H36N2O2. The van der Waals surface area contributed by atoms with Crippen molar-refractivity contribution in [3.63, 3.8) is 0 Å². The van der Waals surface area contributed by atoms with E-state index in [-0.39, 0.29) is 0 Å². The van der Waals surface area contributed by atoms with Crippen LogP contribution in [0.4, 0.5) is 0 Å². The molecule has 0 bridgehead atoms. The van der Waals surface area contributed by atoms with Gasteiger partial charge in [-0.25, -0.2) is 0 Å². The van der Waals surface area contributed by atoms with Gasteiger partial charge in [-0.05, 0) is 33.2 Å². The van der Waals surface area contributed by atoms with Gasteiger partial charge in [0.2, 0.25) is 0 Å². The Hall–Kier alpha value is -0.160. The Labute approximate surface area is 126 Å². The fraction of sp³-hybridized carbons (Fsp3) is 1.00. The van der Waals surface area contributed by atoms with Gasteiger partial charge in [-0.3, -0.25) is 4.90 Å². The second kappa shape index (κ2) is 15.2. The molecule has 0 saturated carbocycles. The smallest absolute Gasteiger partial charge is 0.0593 e. The molecule has 0 aliphatic heterocycles. The van der Waals surface area contributed by atoms with Crippen molar-refractivity contribution in [2.24, 2.45) is 0 Å². The minimum absolute atomic E-state index is 0.586. The predicted octanol–water partition coefficient (Wildman–Crippen LogP) is 2.53. The minimum atomic E-state index is 0.586. The highest BCUT2D eigenvalue weighted by molar-refractivity contribution is 4.72. The summed E-state index contributed by atoms with van der Waals surface area (Å²) in [6.07, 6.45) is 3.66. The monoisotopic (exact) mass is 288 g/mol. The summed E-state index contributed by atoms with van der Waals surface area (Å²) >= 11 is 0. The SMILES string of the molecule is CCCNC(CCC)CN(CCOCC)CCOCC. The van der Waals surface area contributed by atoms with Gasteiger partial charge < -0.3 is 14.8 Å². The van der Waals surface area contributed by atoms with E-state index in [0.717, 1.165) is 52.6 Å². The van der Waals surface area contributed by atoms with Crippen LogP contribution < -0.4 is 5.32 Å². The lowest BCUT2D eigenvalue weighted by atomic mass is 10.1. The van der Waals surface area contributed by atoms with Gasteiger partial charge in [0, 0.05) is 38.9 Å². The van der Waals surface area contributed by atoms with Crippen molar-refractivity contribution in [1.29, 1.82) is 0 Å². The Morgan fingerprint density at radius 3 is 1.95 bits per heavy atom. The molecule has 0 rings (SSSR count). The maximum absolute atomic E-state index is 5.49. The molecule has 1 N–H and O–H groups in total. The normalized spacial score (nSPS) is 13.1. The summed E-state index contributed by atoms with van der Waals surface area (Å²) in [6, 6.07) is 0.586. The lowest BCUT2D eigenvalue weighted by molar-refractivity contribution is 0.0778. The van der Waals surface area contributed by atoms with E-state index in [4.69, 9.17) is 9.47 Å². The Kier molecular flexibility index (Phi) is 15.1. The summed E-state index contributed by atoms with van der Waals surface area (Å²) in [5.74, 6) is 0. The van der Waals surface area contributed by atoms with E-state index in [1.807, 2.05) is 13.8 Å². The molecule has 0 fully saturated rings. The summed E-state index contributed by atoms with van der Waals surface area (Å²) in [4.78, 5) is 2.47. The summed E-state index contributed by atoms with van der Waals surface area (Å²) in [6.45, 7) is 16.0. The van der Waals surface area contributed by atoms with Gasteiger partial charge in [0.25, 0.3) is 0 Å². The van der Waals surface area contributed by atoms with Crippen LogP contribution in [-0.4, -0.2) is 63.5 Å². The Bertz CT molecular complexity index is 181. The van der Waals surface area contributed by atoms with Crippen molar-refractivity contribution in [3.05, 3.63) is 0 Å². The average molecular weight is 288 g/mol. The van der Waals surface area contributed by atoms with Crippen LogP contribution in [0.25, 0.3) is 0 Å². The molecule has 0 aromatic carbocycles. The number of hydrogen-bond acceptors (Lipinski definition) is 4. The molecule has 1 atom stereocenters. The number of nitrogens with zero attached hydrogens (tertiary/aromatic N) is 1. The highest BCUT2D eigenvalue weighted by atomic mass is 16.5. The molecule has 4 nitrogen and oxygen atoms in total. The van der Waals surface area contributed by atoms with Gasteiger partial charge in [-0.1, -0.05) is 20.3 Å². The first-order valence-electron chi connectivity index (χ1n) is 8.39. The van der Waals surface area contributed by atoms with Crippen LogP contribution >= 0.6 is 0 Å². The van der Waals surface area contributed by atoms with Crippen molar-refractivity contribution < 1.29 is 9.47 Å². The van der Waals surface area contributed by atoms with Gasteiger partial charge in [-0.15, -0.1) is 0 Å². The van der Waals surface area contributed by atoms with Gasteiger partial charge >= 0.3 is 0 Å². The summed E-state index contributed by atoms with van der Waals surface area (Å²) < 4.78 is 11.0. The Morgan fingerprint density at radius 2 is 1.50 bits per heavy atom. The van der Waals surface area contributed by atoms with Crippen molar-refractivity contribution >= 4 is 0 Å². The van der Waals surface area contributed by atoms with E-state index < -0.39 is 0 Å². The second-order valence-electron chi connectivity index (χ2n) is 5.13. The Morgan fingerprint density at radius 1 is 0.900 bits per heavy atom. The van der Waals surface area contributed by atoms with Crippen molar-refractivity contribution in [2.45, 2.75) is 53.0 Å². The zero-order valence-corrected chi connectivity index (χ0v) is 14.1. The van der Waals surface area contributed by atoms with E-state index >= 15 is 0 Å². The summed E-state index contributed by atoms with van der Waals surface area (Å²) in [5.41, 5.74) is 0. The standard InChI is InChI=1S/C16H36N2O2/c1-5-9-16(17-10-6-2)15-18(11-13-19-7-3)12-14-20-8-4/h16-17H,5-15H2,1-4H3. The van der Waals surface area contributed by atoms with E-state index in [0.29, 0.717) is 6.04 Å². The molecule has 0 aliphatic rings. The number of nitrogens with one attached hydrogen (secondary N) is 1. The van der Waals surface area contributed by atoms with Crippen LogP contribution in [0.5, 0.6) is 0 Å². The largest absolute Gasteiger partial charge is 0.380 e. The number of ether oxygens (including phenoxy) is 2. The molecule has 0 aliphatic carbocycles. The highest BCUT2D eigenvalue weighted by Crippen LogP contribution is 2.01. The average Bonchev–Trinajstić information content (AvgIpc) is 2.45. The topological polar surface area (TPSA) is 33.7 Å². The lowest BCUT2D eigenvalue weighted by Gasteiger charge is -2.28. The third-order valence-corrected chi connectivity index (χ3v) is 3.31. The molecular weight excluding hydrogens is 252 g/mol. The maximum atomic E-state index is 5.49. The van der Waals surface area contributed by atoms with E-state index in [1.165, 1.54) is 19.3 Å². The molecule has 0 heterocycles. The highest BCUT2D eigenvalue weighted by Gasteiger charge is 2.12. The predicted molar refractivity (Wildman–Crippen MR) is 86.4 cm³/mol. The molecule has 4 heteroatoms. The third kappa shape index (κ3) is 11.6. The number of rotatable bonds is 15. The van der Waals surface area contributed by atoms with Gasteiger partial charge in [0.15, 0.2) is 0 Å². The molecule has 0 aromatic rings. The summed E-state index contributed by atoms with van der Waals surface area (Å²) in [5, 5.41) is 3.66. The number of hydrogen-bond donors (Lipinski definition) is 1. The van der Waals surface area contributed by atoms with Crippen LogP contribution in [0, 0.1) is 0 Å². The van der Waals surface area contributed by atoms with Crippen molar-refractivity contribution in [1.82, 2.24) is 10.2 Å². The fourth-order valence-electron chi connectivity index (χ4n) is 2.24. The maximum Gasteiger partial charge on any atom is 0.0593 e. The molecule has 1 unspecified atom stereocenters. The van der Waals surface area contributed by atoms with Crippen molar-refractivity contribution in [2.75, 3.05) is 52.6 Å². The molecule has 0 aromatic heterocycles. The molecule has 20 heavy (non-hydrogen) atoms. The zero-order chi connectivity index (χ0) is 15.1. The van der Waals surface area contributed by atoms with Crippen LogP contribution in [0.3, 0.4) is 0 Å². The lowest BCUT2D eigenvalue weighted by Crippen LogP contribution is -2.43. The van der Waals surface area contributed by atoms with E-state index in [1.54, 1.807) is 0 Å². The molecule has 0 spiro atoms. The Balaban J connectivity index is 4.15. The van der Waals surface area contributed by atoms with Crippen LogP contribution in [0.1, 0.15) is 47.0 Å². The van der Waals surface area contributed by atoms with Gasteiger partial charge in [0.05, 0.1) is 13.2 Å². The van der Waals surface area contributed by atoms with E-state index in [9.17, 15) is 0 Å². The first-order valence-corrected chi connectivity index (χ1v) is 8.39. The molecule has 122 valence electrons. The van der Waals surface area contributed by atoms with Crippen molar-refractivity contribution in [3.8, 4) is 0 Å². The van der Waals surface area contributed by atoms with Gasteiger partial charge in [0.1, 0.15) is 0 Å². The first kappa shape index (κ1) is 19.8. The van der Waals surface area contributed by atoms with E-state index in [2.05, 4.69) is 24.1 Å². The quantitative estimate of drug-likeness (QED) is 0.470. The fourth-order valence-corrected chi connectivity index (χ4v) is 2.24. The molecule has 0 saturated heterocycles. The van der Waals surface area contributed by atoms with Gasteiger partial charge in [-0.2, -0.15) is 0 Å². The molecule has 0 amide bonds. The molecule has 0 radical (unpaired) electrons. The summed E-state index contributed by atoms with van der Waals surface area (Å²) in [7, 11) is 0. The minimum Gasteiger partial charge on any atom is -0.380 e. The first-order chi connectivity index (χ1) is 9.78. The zero-order valence-electron chi connectivity index (χ0n) is 14.1. The second-order valence-corrected chi connectivity index (χ2v) is 5.13. The van der Waals surface area contributed by atoms with Crippen LogP contribution in [-0.2, 0) is 9.47 Å². The third-order valence-electron chi connectivity index (χ3n) is 3.31. The van der Waals surface area contributed by atoms with Crippen LogP contribution in [0.2, 0.25) is 0 Å².